The van der Waals surface area contributed by atoms with Crippen LogP contribution in [0.1, 0.15) is 47.4 Å². The van der Waals surface area contributed by atoms with Crippen LogP contribution >= 0.6 is 12.2 Å². The highest BCUT2D eigenvalue weighted by Crippen LogP contribution is 2.18. The van der Waals surface area contributed by atoms with Crippen LogP contribution in [-0.2, 0) is 0 Å². The van der Waals surface area contributed by atoms with E-state index in [9.17, 15) is 9.59 Å². The second-order valence-corrected chi connectivity index (χ2v) is 6.50. The van der Waals surface area contributed by atoms with Crippen molar-refractivity contribution in [3.63, 3.8) is 0 Å². The molecule has 0 heterocycles. The second kappa shape index (κ2) is 11.0. The van der Waals surface area contributed by atoms with E-state index in [2.05, 4.69) is 16.0 Å². The van der Waals surface area contributed by atoms with Gasteiger partial charge in [-0.25, -0.2) is 0 Å². The van der Waals surface area contributed by atoms with Crippen LogP contribution in [0.5, 0.6) is 5.75 Å². The van der Waals surface area contributed by atoms with Gasteiger partial charge in [0.1, 0.15) is 5.75 Å². The minimum absolute atomic E-state index is 0.140. The van der Waals surface area contributed by atoms with Crippen molar-refractivity contribution in [3.05, 3.63) is 59.7 Å². The summed E-state index contributed by atoms with van der Waals surface area (Å²) in [5.41, 5.74) is 1.55. The topological polar surface area (TPSA) is 79.5 Å². The van der Waals surface area contributed by atoms with Gasteiger partial charge in [-0.05, 0) is 55.4 Å². The first-order chi connectivity index (χ1) is 13.5. The van der Waals surface area contributed by atoms with Gasteiger partial charge in [-0.3, -0.25) is 14.9 Å². The standard InChI is InChI=1S/C21H25N3O3S/c1-3-12-22-19(25)15-8-7-9-16(14-15)23-21(28)24-20(26)17-10-5-6-11-18(17)27-13-4-2/h5-11,14H,3-4,12-13H2,1-2H3,(H,22,25)(H2,23,24,26,28). The molecule has 0 radical (unpaired) electrons. The van der Waals surface area contributed by atoms with Crippen molar-refractivity contribution < 1.29 is 14.3 Å². The van der Waals surface area contributed by atoms with Crippen molar-refractivity contribution in [2.45, 2.75) is 26.7 Å². The van der Waals surface area contributed by atoms with Crippen LogP contribution in [0.4, 0.5) is 5.69 Å². The summed E-state index contributed by atoms with van der Waals surface area (Å²) in [4.78, 5) is 24.6. The molecule has 0 bridgehead atoms. The molecular formula is C21H25N3O3S. The number of thiocarbonyl (C=S) groups is 1. The second-order valence-electron chi connectivity index (χ2n) is 6.09. The molecular weight excluding hydrogens is 374 g/mol. The summed E-state index contributed by atoms with van der Waals surface area (Å²) in [5.74, 6) is 0.00254. The first-order valence-electron chi connectivity index (χ1n) is 9.27. The lowest BCUT2D eigenvalue weighted by Gasteiger charge is -2.13. The largest absolute Gasteiger partial charge is 0.493 e. The molecule has 148 valence electrons. The summed E-state index contributed by atoms with van der Waals surface area (Å²) in [6.07, 6.45) is 1.71. The van der Waals surface area contributed by atoms with Gasteiger partial charge in [-0.1, -0.05) is 32.0 Å². The zero-order valence-electron chi connectivity index (χ0n) is 16.1. The van der Waals surface area contributed by atoms with E-state index in [1.807, 2.05) is 19.9 Å². The minimum Gasteiger partial charge on any atom is -0.493 e. The number of rotatable bonds is 8. The molecule has 0 saturated carbocycles. The van der Waals surface area contributed by atoms with Crippen molar-refractivity contribution in [2.24, 2.45) is 0 Å². The fourth-order valence-corrected chi connectivity index (χ4v) is 2.61. The molecule has 2 amide bonds. The van der Waals surface area contributed by atoms with Gasteiger partial charge in [-0.2, -0.15) is 0 Å². The van der Waals surface area contributed by atoms with Crippen LogP contribution in [0.25, 0.3) is 0 Å². The molecule has 3 N–H and O–H groups in total. The van der Waals surface area contributed by atoms with Crippen LogP contribution in [0.15, 0.2) is 48.5 Å². The number of hydrogen-bond acceptors (Lipinski definition) is 4. The molecule has 0 unspecified atom stereocenters. The van der Waals surface area contributed by atoms with E-state index in [0.717, 1.165) is 12.8 Å². The number of carbonyl (C=O) groups is 2. The van der Waals surface area contributed by atoms with Gasteiger partial charge >= 0.3 is 0 Å². The van der Waals surface area contributed by atoms with Crippen molar-refractivity contribution >= 4 is 34.8 Å². The molecule has 0 saturated heterocycles. The maximum absolute atomic E-state index is 12.5. The third kappa shape index (κ3) is 6.35. The van der Waals surface area contributed by atoms with E-state index in [1.54, 1.807) is 42.5 Å². The van der Waals surface area contributed by atoms with E-state index >= 15 is 0 Å². The van der Waals surface area contributed by atoms with Gasteiger partial charge in [0.15, 0.2) is 5.11 Å². The highest BCUT2D eigenvalue weighted by molar-refractivity contribution is 7.80. The monoisotopic (exact) mass is 399 g/mol. The summed E-state index contributed by atoms with van der Waals surface area (Å²) in [6.45, 7) is 5.13. The Balaban J connectivity index is 2.01. The molecule has 7 heteroatoms. The van der Waals surface area contributed by atoms with Crippen molar-refractivity contribution in [1.29, 1.82) is 0 Å². The highest BCUT2D eigenvalue weighted by atomic mass is 32.1. The average Bonchev–Trinajstić information content (AvgIpc) is 2.70. The van der Waals surface area contributed by atoms with E-state index in [0.29, 0.717) is 35.7 Å². The number of anilines is 1. The maximum Gasteiger partial charge on any atom is 0.261 e. The lowest BCUT2D eigenvalue weighted by Crippen LogP contribution is -2.34. The Bertz CT molecular complexity index is 839. The first-order valence-corrected chi connectivity index (χ1v) is 9.68. The van der Waals surface area contributed by atoms with Gasteiger partial charge in [-0.15, -0.1) is 0 Å². The van der Waals surface area contributed by atoms with Gasteiger partial charge < -0.3 is 15.4 Å². The Hall–Kier alpha value is -2.93. The highest BCUT2D eigenvalue weighted by Gasteiger charge is 2.14. The number of carbonyl (C=O) groups excluding carboxylic acids is 2. The number of benzene rings is 2. The van der Waals surface area contributed by atoms with Crippen LogP contribution < -0.4 is 20.7 Å². The Kier molecular flexibility index (Phi) is 8.42. The molecule has 2 rings (SSSR count). The number of hydrogen-bond donors (Lipinski definition) is 3. The van der Waals surface area contributed by atoms with Gasteiger partial charge in [0.25, 0.3) is 11.8 Å². The SMILES string of the molecule is CCCNC(=O)c1cccc(NC(=S)NC(=O)c2ccccc2OCCC)c1. The maximum atomic E-state index is 12.5. The molecule has 6 nitrogen and oxygen atoms in total. The fourth-order valence-electron chi connectivity index (χ4n) is 2.40. The molecule has 0 aromatic heterocycles. The summed E-state index contributed by atoms with van der Waals surface area (Å²) < 4.78 is 5.61. The Morgan fingerprint density at radius 2 is 1.79 bits per heavy atom. The van der Waals surface area contributed by atoms with Crippen LogP contribution in [0.2, 0.25) is 0 Å². The zero-order valence-corrected chi connectivity index (χ0v) is 16.9. The molecule has 0 spiro atoms. The molecule has 0 aliphatic heterocycles. The lowest BCUT2D eigenvalue weighted by molar-refractivity contribution is 0.0950. The Morgan fingerprint density at radius 1 is 1.00 bits per heavy atom. The average molecular weight is 400 g/mol. The summed E-state index contributed by atoms with van der Waals surface area (Å²) in [6, 6.07) is 13.9. The van der Waals surface area contributed by atoms with E-state index in [1.165, 1.54) is 0 Å². The number of amides is 2. The summed E-state index contributed by atoms with van der Waals surface area (Å²) >= 11 is 5.24. The lowest BCUT2D eigenvalue weighted by atomic mass is 10.2. The zero-order chi connectivity index (χ0) is 20.4. The van der Waals surface area contributed by atoms with E-state index in [-0.39, 0.29) is 16.9 Å². The molecule has 2 aromatic carbocycles. The van der Waals surface area contributed by atoms with E-state index in [4.69, 9.17) is 17.0 Å². The summed E-state index contributed by atoms with van der Waals surface area (Å²) in [7, 11) is 0. The first kappa shape index (κ1) is 21.4. The third-order valence-electron chi connectivity index (χ3n) is 3.74. The molecule has 28 heavy (non-hydrogen) atoms. The number of nitrogens with one attached hydrogen (secondary N) is 3. The predicted molar refractivity (Wildman–Crippen MR) is 115 cm³/mol. The molecule has 0 aliphatic rings. The van der Waals surface area contributed by atoms with Crippen molar-refractivity contribution in [2.75, 3.05) is 18.5 Å². The van der Waals surface area contributed by atoms with Crippen molar-refractivity contribution in [1.82, 2.24) is 10.6 Å². The Morgan fingerprint density at radius 3 is 2.54 bits per heavy atom. The summed E-state index contributed by atoms with van der Waals surface area (Å²) in [5, 5.41) is 8.54. The van der Waals surface area contributed by atoms with E-state index < -0.39 is 0 Å². The molecule has 0 aliphatic carbocycles. The third-order valence-corrected chi connectivity index (χ3v) is 3.94. The van der Waals surface area contributed by atoms with Crippen LogP contribution in [0, 0.1) is 0 Å². The Labute approximate surface area is 170 Å². The molecule has 0 fully saturated rings. The number of para-hydroxylation sites is 1. The molecule has 0 atom stereocenters. The van der Waals surface area contributed by atoms with Crippen LogP contribution in [0.3, 0.4) is 0 Å². The predicted octanol–water partition coefficient (Wildman–Crippen LogP) is 3.74. The van der Waals surface area contributed by atoms with Gasteiger partial charge in [0.2, 0.25) is 0 Å². The fraction of sp³-hybridized carbons (Fsp3) is 0.286. The number of ether oxygens (including phenoxy) is 1. The minimum atomic E-state index is -0.360. The normalized spacial score (nSPS) is 10.1. The van der Waals surface area contributed by atoms with Crippen molar-refractivity contribution in [3.8, 4) is 5.75 Å². The van der Waals surface area contributed by atoms with Gasteiger partial charge in [0.05, 0.1) is 12.2 Å². The quantitative estimate of drug-likeness (QED) is 0.589. The smallest absolute Gasteiger partial charge is 0.261 e. The molecule has 2 aromatic rings. The van der Waals surface area contributed by atoms with Gasteiger partial charge in [0, 0.05) is 17.8 Å². The van der Waals surface area contributed by atoms with Crippen LogP contribution in [-0.4, -0.2) is 30.1 Å².